The Bertz CT molecular complexity index is 985. The number of nitrogens with zero attached hydrogens (tertiary/aromatic N) is 2. The first-order chi connectivity index (χ1) is 11.7. The molecule has 1 heterocycles. The molecule has 10 heteroatoms. The number of aromatic nitrogens is 1. The minimum atomic E-state index is -4.50. The summed E-state index contributed by atoms with van der Waals surface area (Å²) in [6.45, 7) is 0. The number of benzene rings is 2. The van der Waals surface area contributed by atoms with Crippen molar-refractivity contribution in [3.63, 3.8) is 0 Å². The Labute approximate surface area is 142 Å². The molecule has 128 valence electrons. The molecule has 3 rings (SSSR count). The van der Waals surface area contributed by atoms with Gasteiger partial charge >= 0.3 is 6.18 Å². The fourth-order valence-corrected chi connectivity index (χ4v) is 2.92. The van der Waals surface area contributed by atoms with Crippen LogP contribution >= 0.6 is 11.3 Å². The van der Waals surface area contributed by atoms with Gasteiger partial charge in [-0.25, -0.2) is 4.98 Å². The summed E-state index contributed by atoms with van der Waals surface area (Å²) in [5.41, 5.74) is -0.800. The van der Waals surface area contributed by atoms with E-state index in [0.29, 0.717) is 4.70 Å². The van der Waals surface area contributed by atoms with E-state index in [9.17, 15) is 28.1 Å². The highest BCUT2D eigenvalue weighted by Crippen LogP contribution is 2.33. The van der Waals surface area contributed by atoms with Crippen LogP contribution in [0.4, 0.5) is 24.5 Å². The first-order valence-electron chi connectivity index (χ1n) is 6.77. The van der Waals surface area contributed by atoms with Crippen molar-refractivity contribution in [1.82, 2.24) is 4.98 Å². The van der Waals surface area contributed by atoms with Crippen LogP contribution in [0.3, 0.4) is 0 Å². The number of fused-ring (bicyclic) bond motifs is 1. The van der Waals surface area contributed by atoms with E-state index in [4.69, 9.17) is 0 Å². The van der Waals surface area contributed by atoms with Crippen molar-refractivity contribution in [2.24, 2.45) is 0 Å². The Morgan fingerprint density at radius 1 is 1.20 bits per heavy atom. The van der Waals surface area contributed by atoms with E-state index in [2.05, 4.69) is 10.3 Å². The van der Waals surface area contributed by atoms with Gasteiger partial charge in [-0.05, 0) is 24.3 Å². The monoisotopic (exact) mass is 367 g/mol. The summed E-state index contributed by atoms with van der Waals surface area (Å²) in [6.07, 6.45) is -4.50. The number of alkyl halides is 3. The van der Waals surface area contributed by atoms with E-state index < -0.39 is 22.6 Å². The third-order valence-corrected chi connectivity index (χ3v) is 4.26. The van der Waals surface area contributed by atoms with Crippen LogP contribution in [0.2, 0.25) is 0 Å². The SMILES string of the molecule is O=C(Nc1cccc([N+](=O)[O-])c1)c1nc2cc(C(F)(F)F)ccc2s1. The molecular weight excluding hydrogens is 359 g/mol. The average Bonchev–Trinajstić information content (AvgIpc) is 2.97. The van der Waals surface area contributed by atoms with Gasteiger partial charge in [0.25, 0.3) is 11.6 Å². The van der Waals surface area contributed by atoms with Gasteiger partial charge in [0.05, 0.1) is 20.7 Å². The van der Waals surface area contributed by atoms with Crippen LogP contribution in [0.1, 0.15) is 15.4 Å². The summed E-state index contributed by atoms with van der Waals surface area (Å²) in [4.78, 5) is 26.2. The molecule has 1 N–H and O–H groups in total. The fourth-order valence-electron chi connectivity index (χ4n) is 2.08. The maximum Gasteiger partial charge on any atom is 0.416 e. The number of halogens is 3. The molecule has 2 aromatic carbocycles. The van der Waals surface area contributed by atoms with Crippen LogP contribution in [0.15, 0.2) is 42.5 Å². The fraction of sp³-hybridized carbons (Fsp3) is 0.0667. The molecule has 0 aliphatic carbocycles. The van der Waals surface area contributed by atoms with Crippen LogP contribution < -0.4 is 5.32 Å². The number of nitro groups is 1. The van der Waals surface area contributed by atoms with Gasteiger partial charge in [-0.1, -0.05) is 6.07 Å². The molecule has 25 heavy (non-hydrogen) atoms. The maximum atomic E-state index is 12.7. The van der Waals surface area contributed by atoms with Crippen LogP contribution in [0.25, 0.3) is 10.2 Å². The lowest BCUT2D eigenvalue weighted by Gasteiger charge is -2.04. The second-order valence-corrected chi connectivity index (χ2v) is 5.99. The van der Waals surface area contributed by atoms with E-state index in [0.717, 1.165) is 23.5 Å². The number of nitrogens with one attached hydrogen (secondary N) is 1. The summed E-state index contributed by atoms with van der Waals surface area (Å²) < 4.78 is 38.6. The van der Waals surface area contributed by atoms with E-state index >= 15 is 0 Å². The van der Waals surface area contributed by atoms with E-state index in [1.54, 1.807) is 0 Å². The number of hydrogen-bond donors (Lipinski definition) is 1. The molecule has 0 radical (unpaired) electrons. The number of nitro benzene ring substituents is 1. The third-order valence-electron chi connectivity index (χ3n) is 3.22. The Morgan fingerprint density at radius 2 is 1.96 bits per heavy atom. The Hall–Kier alpha value is -3.01. The third kappa shape index (κ3) is 3.58. The number of rotatable bonds is 3. The zero-order valence-electron chi connectivity index (χ0n) is 12.2. The highest BCUT2D eigenvalue weighted by molar-refractivity contribution is 7.20. The van der Waals surface area contributed by atoms with E-state index in [-0.39, 0.29) is 21.9 Å². The van der Waals surface area contributed by atoms with Crippen LogP contribution in [-0.4, -0.2) is 15.8 Å². The van der Waals surface area contributed by atoms with Crippen LogP contribution in [0, 0.1) is 10.1 Å². The lowest BCUT2D eigenvalue weighted by Crippen LogP contribution is -2.11. The van der Waals surface area contributed by atoms with Gasteiger partial charge in [0.15, 0.2) is 5.01 Å². The van der Waals surface area contributed by atoms with Crippen molar-refractivity contribution in [2.75, 3.05) is 5.32 Å². The molecule has 1 aromatic heterocycles. The molecule has 3 aromatic rings. The van der Waals surface area contributed by atoms with Crippen molar-refractivity contribution in [3.05, 3.63) is 63.1 Å². The second-order valence-electron chi connectivity index (χ2n) is 4.96. The van der Waals surface area contributed by atoms with E-state index in [1.807, 2.05) is 0 Å². The molecule has 0 spiro atoms. The molecular formula is C15H8F3N3O3S. The molecule has 1 amide bonds. The number of hydrogen-bond acceptors (Lipinski definition) is 5. The minimum Gasteiger partial charge on any atom is -0.320 e. The molecule has 6 nitrogen and oxygen atoms in total. The lowest BCUT2D eigenvalue weighted by molar-refractivity contribution is -0.384. The lowest BCUT2D eigenvalue weighted by atomic mass is 10.2. The first-order valence-corrected chi connectivity index (χ1v) is 7.59. The number of non-ortho nitro benzene ring substituents is 1. The second kappa shape index (κ2) is 6.13. The van der Waals surface area contributed by atoms with Gasteiger partial charge in [-0.3, -0.25) is 14.9 Å². The summed E-state index contributed by atoms with van der Waals surface area (Å²) in [7, 11) is 0. The van der Waals surface area contributed by atoms with Gasteiger partial charge in [0.2, 0.25) is 0 Å². The normalized spacial score (nSPS) is 11.5. The van der Waals surface area contributed by atoms with Gasteiger partial charge in [-0.15, -0.1) is 11.3 Å². The summed E-state index contributed by atoms with van der Waals surface area (Å²) in [5, 5.41) is 13.1. The quantitative estimate of drug-likeness (QED) is 0.546. The first kappa shape index (κ1) is 16.8. The highest BCUT2D eigenvalue weighted by atomic mass is 32.1. The number of amides is 1. The number of carbonyl (C=O) groups excluding carboxylic acids is 1. The van der Waals surface area contributed by atoms with Crippen molar-refractivity contribution in [1.29, 1.82) is 0 Å². The van der Waals surface area contributed by atoms with Crippen LogP contribution in [0.5, 0.6) is 0 Å². The summed E-state index contributed by atoms with van der Waals surface area (Å²) in [6, 6.07) is 8.35. The number of anilines is 1. The summed E-state index contributed by atoms with van der Waals surface area (Å²) in [5.74, 6) is -0.657. The van der Waals surface area contributed by atoms with Gasteiger partial charge in [-0.2, -0.15) is 13.2 Å². The van der Waals surface area contributed by atoms with Crippen molar-refractivity contribution in [3.8, 4) is 0 Å². The Balaban J connectivity index is 1.87. The van der Waals surface area contributed by atoms with E-state index in [1.165, 1.54) is 30.3 Å². The van der Waals surface area contributed by atoms with Crippen molar-refractivity contribution < 1.29 is 22.9 Å². The molecule has 0 bridgehead atoms. The zero-order valence-corrected chi connectivity index (χ0v) is 13.0. The number of thiazole rings is 1. The smallest absolute Gasteiger partial charge is 0.320 e. The standard InChI is InChI=1S/C15H8F3N3O3S/c16-15(17,18)8-4-5-12-11(6-8)20-14(25-12)13(22)19-9-2-1-3-10(7-9)21(23)24/h1-7H,(H,19,22). The molecule has 0 unspecified atom stereocenters. The van der Waals surface area contributed by atoms with Crippen molar-refractivity contribution in [2.45, 2.75) is 6.18 Å². The van der Waals surface area contributed by atoms with Crippen LogP contribution in [-0.2, 0) is 6.18 Å². The Kier molecular flexibility index (Phi) is 4.13. The maximum absolute atomic E-state index is 12.7. The van der Waals surface area contributed by atoms with Gasteiger partial charge < -0.3 is 5.32 Å². The zero-order chi connectivity index (χ0) is 18.2. The van der Waals surface area contributed by atoms with Gasteiger partial charge in [0.1, 0.15) is 0 Å². The topological polar surface area (TPSA) is 85.1 Å². The minimum absolute atomic E-state index is 0.0409. The molecule has 0 aliphatic heterocycles. The predicted octanol–water partition coefficient (Wildman–Crippen LogP) is 4.48. The molecule has 0 atom stereocenters. The highest BCUT2D eigenvalue weighted by Gasteiger charge is 2.31. The van der Waals surface area contributed by atoms with Gasteiger partial charge in [0, 0.05) is 17.8 Å². The van der Waals surface area contributed by atoms with Crippen molar-refractivity contribution >= 4 is 38.8 Å². The molecule has 0 saturated carbocycles. The molecule has 0 aliphatic rings. The average molecular weight is 367 g/mol. The summed E-state index contributed by atoms with van der Waals surface area (Å²) >= 11 is 0.930. The Morgan fingerprint density at radius 3 is 2.64 bits per heavy atom. The molecule has 0 fully saturated rings. The largest absolute Gasteiger partial charge is 0.416 e. The molecule has 0 saturated heterocycles. The predicted molar refractivity (Wildman–Crippen MR) is 85.7 cm³/mol. The number of carbonyl (C=O) groups is 1.